The maximum Gasteiger partial charge on any atom is 0.330 e. The van der Waals surface area contributed by atoms with E-state index < -0.39 is 11.9 Å². The van der Waals surface area contributed by atoms with E-state index in [1.54, 1.807) is 0 Å². The van der Waals surface area contributed by atoms with Crippen LogP contribution in [0.5, 0.6) is 0 Å². The summed E-state index contributed by atoms with van der Waals surface area (Å²) in [7, 11) is 2.45. The molecular weight excluding hydrogens is 318 g/mol. The van der Waals surface area contributed by atoms with Gasteiger partial charge < -0.3 is 14.0 Å². The number of benzene rings is 2. The van der Waals surface area contributed by atoms with E-state index in [0.29, 0.717) is 0 Å². The highest BCUT2D eigenvalue weighted by molar-refractivity contribution is 6.09. The quantitative estimate of drug-likeness (QED) is 0.539. The van der Waals surface area contributed by atoms with Crippen molar-refractivity contribution >= 4 is 39.9 Å². The van der Waals surface area contributed by atoms with Crippen molar-refractivity contribution in [2.45, 2.75) is 0 Å². The molecule has 5 heteroatoms. The summed E-state index contributed by atoms with van der Waals surface area (Å²) in [6.45, 7) is 3.87. The minimum absolute atomic E-state index is 0.578. The molecule has 5 nitrogen and oxygen atoms in total. The lowest BCUT2D eigenvalue weighted by Crippen LogP contribution is -1.98. The van der Waals surface area contributed by atoms with Gasteiger partial charge in [-0.3, -0.25) is 0 Å². The molecule has 0 saturated carbocycles. The highest BCUT2D eigenvalue weighted by atomic mass is 16.5. The van der Waals surface area contributed by atoms with E-state index in [-0.39, 0.29) is 0 Å². The van der Waals surface area contributed by atoms with Crippen molar-refractivity contribution in [1.29, 1.82) is 0 Å². The third-order valence-corrected chi connectivity index (χ3v) is 3.56. The molecule has 0 amide bonds. The van der Waals surface area contributed by atoms with Crippen molar-refractivity contribution < 1.29 is 19.1 Å². The summed E-state index contributed by atoms with van der Waals surface area (Å²) >= 11 is 0. The number of para-hydroxylation sites is 2. The molecule has 0 saturated heterocycles. The largest absolute Gasteiger partial charge is 0.466 e. The van der Waals surface area contributed by atoms with Gasteiger partial charge >= 0.3 is 11.9 Å². The van der Waals surface area contributed by atoms with E-state index in [9.17, 15) is 9.59 Å². The van der Waals surface area contributed by atoms with Crippen LogP contribution in [0, 0.1) is 0 Å². The summed E-state index contributed by atoms with van der Waals surface area (Å²) in [5, 5.41) is 2.57. The maximum absolute atomic E-state index is 10.3. The lowest BCUT2D eigenvalue weighted by atomic mass is 10.2. The number of nitrogens with zero attached hydrogens (tertiary/aromatic N) is 1. The van der Waals surface area contributed by atoms with Crippen molar-refractivity contribution in [3.05, 3.63) is 67.3 Å². The van der Waals surface area contributed by atoms with Gasteiger partial charge in [-0.15, -0.1) is 0 Å². The summed E-state index contributed by atoms with van der Waals surface area (Å²) in [5.74, 6) is -1.16. The van der Waals surface area contributed by atoms with Gasteiger partial charge in [-0.25, -0.2) is 9.59 Å². The molecule has 1 aromatic heterocycles. The van der Waals surface area contributed by atoms with Gasteiger partial charge in [0.1, 0.15) is 0 Å². The minimum atomic E-state index is -0.578. The van der Waals surface area contributed by atoms with Crippen LogP contribution in [0.2, 0.25) is 0 Å². The van der Waals surface area contributed by atoms with Gasteiger partial charge in [-0.05, 0) is 12.1 Å². The number of hydrogen-bond acceptors (Lipinski definition) is 4. The van der Waals surface area contributed by atoms with E-state index in [0.717, 1.165) is 12.2 Å². The summed E-state index contributed by atoms with van der Waals surface area (Å²) in [6.07, 6.45) is 3.85. The SMILES string of the molecule is C=Cn1c2ccccc2c2ccccc21.COC(=O)/C=C\C(=O)OC. The van der Waals surface area contributed by atoms with Gasteiger partial charge in [0.2, 0.25) is 0 Å². The molecule has 0 aliphatic rings. The Morgan fingerprint density at radius 1 is 0.840 bits per heavy atom. The predicted molar refractivity (Wildman–Crippen MR) is 99.0 cm³/mol. The second-order valence-corrected chi connectivity index (χ2v) is 4.97. The molecule has 0 unspecified atom stereocenters. The van der Waals surface area contributed by atoms with Crippen molar-refractivity contribution in [2.24, 2.45) is 0 Å². The van der Waals surface area contributed by atoms with Crippen LogP contribution < -0.4 is 0 Å². The Balaban J connectivity index is 0.000000199. The second kappa shape index (κ2) is 8.49. The van der Waals surface area contributed by atoms with Crippen LogP contribution in [-0.2, 0) is 19.1 Å². The smallest absolute Gasteiger partial charge is 0.330 e. The predicted octanol–water partition coefficient (Wildman–Crippen LogP) is 3.78. The molecule has 0 radical (unpaired) electrons. The van der Waals surface area contributed by atoms with Gasteiger partial charge in [-0.2, -0.15) is 0 Å². The third-order valence-electron chi connectivity index (χ3n) is 3.56. The van der Waals surface area contributed by atoms with Crippen LogP contribution in [0.25, 0.3) is 28.0 Å². The Hall–Kier alpha value is -3.34. The molecule has 3 rings (SSSR count). The molecule has 0 bridgehead atoms. The zero-order chi connectivity index (χ0) is 18.2. The normalized spacial score (nSPS) is 10.3. The van der Waals surface area contributed by atoms with Crippen LogP contribution in [0.1, 0.15) is 0 Å². The molecule has 0 fully saturated rings. The van der Waals surface area contributed by atoms with E-state index in [1.807, 2.05) is 6.20 Å². The van der Waals surface area contributed by atoms with Gasteiger partial charge in [0, 0.05) is 29.1 Å². The molecule has 0 aliphatic heterocycles. The van der Waals surface area contributed by atoms with E-state index in [4.69, 9.17) is 0 Å². The van der Waals surface area contributed by atoms with Crippen LogP contribution >= 0.6 is 0 Å². The monoisotopic (exact) mass is 337 g/mol. The number of carbonyl (C=O) groups excluding carboxylic acids is 2. The molecule has 2 aromatic carbocycles. The first-order chi connectivity index (χ1) is 12.1. The summed E-state index contributed by atoms with van der Waals surface area (Å²) in [4.78, 5) is 20.6. The number of carbonyl (C=O) groups is 2. The highest BCUT2D eigenvalue weighted by Crippen LogP contribution is 2.28. The van der Waals surface area contributed by atoms with E-state index >= 15 is 0 Å². The fourth-order valence-electron chi connectivity index (χ4n) is 2.42. The molecule has 1 heterocycles. The van der Waals surface area contributed by atoms with Gasteiger partial charge in [-0.1, -0.05) is 43.0 Å². The van der Waals surface area contributed by atoms with Crippen molar-refractivity contribution in [3.8, 4) is 0 Å². The number of aromatic nitrogens is 1. The summed E-state index contributed by atoms with van der Waals surface area (Å²) < 4.78 is 10.6. The number of ether oxygens (including phenoxy) is 2. The summed E-state index contributed by atoms with van der Waals surface area (Å²) in [6, 6.07) is 16.8. The zero-order valence-electron chi connectivity index (χ0n) is 14.1. The average molecular weight is 337 g/mol. The maximum atomic E-state index is 10.3. The zero-order valence-corrected chi connectivity index (χ0v) is 14.1. The Labute approximate surface area is 145 Å². The molecule has 0 N–H and O–H groups in total. The molecule has 0 atom stereocenters. The molecule has 0 aliphatic carbocycles. The van der Waals surface area contributed by atoms with Gasteiger partial charge in [0.05, 0.1) is 25.3 Å². The van der Waals surface area contributed by atoms with E-state index in [2.05, 4.69) is 69.2 Å². The number of hydrogen-bond donors (Lipinski definition) is 0. The lowest BCUT2D eigenvalue weighted by Gasteiger charge is -1.97. The number of esters is 2. The highest BCUT2D eigenvalue weighted by Gasteiger charge is 2.06. The van der Waals surface area contributed by atoms with Crippen molar-refractivity contribution in [3.63, 3.8) is 0 Å². The number of methoxy groups -OCH3 is 2. The topological polar surface area (TPSA) is 57.5 Å². The van der Waals surface area contributed by atoms with Crippen molar-refractivity contribution in [2.75, 3.05) is 14.2 Å². The third kappa shape index (κ3) is 4.14. The minimum Gasteiger partial charge on any atom is -0.466 e. The molecule has 128 valence electrons. The first kappa shape index (κ1) is 18.0. The second-order valence-electron chi connectivity index (χ2n) is 4.97. The molecule has 25 heavy (non-hydrogen) atoms. The van der Waals surface area contributed by atoms with Crippen LogP contribution in [0.15, 0.2) is 67.3 Å². The van der Waals surface area contributed by atoms with Crippen molar-refractivity contribution in [1.82, 2.24) is 4.57 Å². The Bertz CT molecular complexity index is 866. The Morgan fingerprint density at radius 3 is 1.60 bits per heavy atom. The fourth-order valence-corrected chi connectivity index (χ4v) is 2.42. The van der Waals surface area contributed by atoms with Crippen LogP contribution in [0.4, 0.5) is 0 Å². The summed E-state index contributed by atoms with van der Waals surface area (Å²) in [5.41, 5.74) is 2.43. The first-order valence-electron chi connectivity index (χ1n) is 7.56. The average Bonchev–Trinajstić information content (AvgIpc) is 3.00. The first-order valence-corrected chi connectivity index (χ1v) is 7.56. The Kier molecular flexibility index (Phi) is 6.12. The molecular formula is C20H19NO4. The molecule has 3 aromatic rings. The molecule has 0 spiro atoms. The van der Waals surface area contributed by atoms with Gasteiger partial charge in [0.15, 0.2) is 0 Å². The van der Waals surface area contributed by atoms with Crippen LogP contribution in [0.3, 0.4) is 0 Å². The number of rotatable bonds is 3. The lowest BCUT2D eigenvalue weighted by molar-refractivity contribution is -0.137. The standard InChI is InChI=1S/C14H11N.C6H8O4/c1-2-15-13-9-5-3-7-11(13)12-8-4-6-10-14(12)15;1-9-5(7)3-4-6(8)10-2/h2-10H,1H2;3-4H,1-2H3/b;4-3-. The fraction of sp³-hybridized carbons (Fsp3) is 0.100. The van der Waals surface area contributed by atoms with E-state index in [1.165, 1.54) is 36.0 Å². The Morgan fingerprint density at radius 2 is 1.24 bits per heavy atom. The van der Waals surface area contributed by atoms with Gasteiger partial charge in [0.25, 0.3) is 0 Å². The number of fused-ring (bicyclic) bond motifs is 3. The van der Waals surface area contributed by atoms with Crippen LogP contribution in [-0.4, -0.2) is 30.7 Å².